The van der Waals surface area contributed by atoms with Crippen molar-refractivity contribution in [3.63, 3.8) is 0 Å². The summed E-state index contributed by atoms with van der Waals surface area (Å²) in [5.41, 5.74) is 4.84. The minimum atomic E-state index is -4.46. The van der Waals surface area contributed by atoms with E-state index in [0.717, 1.165) is 12.4 Å². The Morgan fingerprint density at radius 3 is 2.40 bits per heavy atom. The second kappa shape index (κ2) is 6.29. The standard InChI is InChI=1S/C9H15F3N4O2S.ClH/c1-8(2,13)5-15-19(17,18)7-3-14-16(4-7)6-9(10,11)12;/h3-4,15H,5-6,13H2,1-2H3;1H. The third-order valence-electron chi connectivity index (χ3n) is 1.98. The van der Waals surface area contributed by atoms with Crippen LogP contribution in [0.1, 0.15) is 13.8 Å². The maximum atomic E-state index is 12.1. The smallest absolute Gasteiger partial charge is 0.324 e. The normalized spacial score (nSPS) is 13.1. The van der Waals surface area contributed by atoms with E-state index in [-0.39, 0.29) is 23.8 Å². The molecule has 1 aromatic heterocycles. The number of alkyl halides is 3. The van der Waals surface area contributed by atoms with Crippen molar-refractivity contribution in [2.45, 2.75) is 37.0 Å². The van der Waals surface area contributed by atoms with Crippen LogP contribution in [0, 0.1) is 0 Å². The van der Waals surface area contributed by atoms with Gasteiger partial charge in [0.05, 0.1) is 6.20 Å². The van der Waals surface area contributed by atoms with Crippen LogP contribution in [0.15, 0.2) is 17.3 Å². The highest BCUT2D eigenvalue weighted by Gasteiger charge is 2.29. The lowest BCUT2D eigenvalue weighted by atomic mass is 10.1. The van der Waals surface area contributed by atoms with Crippen molar-refractivity contribution < 1.29 is 21.6 Å². The van der Waals surface area contributed by atoms with E-state index >= 15 is 0 Å². The van der Waals surface area contributed by atoms with E-state index < -0.39 is 28.3 Å². The molecule has 3 N–H and O–H groups in total. The Balaban J connectivity index is 0.00000361. The Bertz CT molecular complexity index is 536. The molecule has 0 atom stereocenters. The lowest BCUT2D eigenvalue weighted by Crippen LogP contribution is -2.44. The summed E-state index contributed by atoms with van der Waals surface area (Å²) in [6, 6.07) is 0. The zero-order valence-corrected chi connectivity index (χ0v) is 12.4. The van der Waals surface area contributed by atoms with Gasteiger partial charge >= 0.3 is 6.18 Å². The van der Waals surface area contributed by atoms with Crippen molar-refractivity contribution in [3.05, 3.63) is 12.4 Å². The quantitative estimate of drug-likeness (QED) is 0.835. The van der Waals surface area contributed by atoms with Crippen LogP contribution in [0.5, 0.6) is 0 Å². The minimum absolute atomic E-state index is 0. The first kappa shape index (κ1) is 19.2. The van der Waals surface area contributed by atoms with Gasteiger partial charge in [-0.1, -0.05) is 0 Å². The molecule has 1 heterocycles. The number of sulfonamides is 1. The molecule has 0 bridgehead atoms. The summed E-state index contributed by atoms with van der Waals surface area (Å²) < 4.78 is 62.6. The van der Waals surface area contributed by atoms with E-state index in [1.807, 2.05) is 0 Å². The van der Waals surface area contributed by atoms with Crippen LogP contribution in [0.25, 0.3) is 0 Å². The zero-order chi connectivity index (χ0) is 14.9. The summed E-state index contributed by atoms with van der Waals surface area (Å²) in [5.74, 6) is 0. The lowest BCUT2D eigenvalue weighted by Gasteiger charge is -2.18. The van der Waals surface area contributed by atoms with Crippen LogP contribution in [0.2, 0.25) is 0 Å². The molecule has 0 aliphatic heterocycles. The number of hydrogen-bond acceptors (Lipinski definition) is 4. The molecule has 0 saturated carbocycles. The molecule has 0 aromatic carbocycles. The largest absolute Gasteiger partial charge is 0.408 e. The predicted molar refractivity (Wildman–Crippen MR) is 69.0 cm³/mol. The van der Waals surface area contributed by atoms with Gasteiger partial charge in [0.2, 0.25) is 10.0 Å². The number of nitrogens with zero attached hydrogens (tertiary/aromatic N) is 2. The van der Waals surface area contributed by atoms with Gasteiger partial charge in [-0.15, -0.1) is 12.4 Å². The van der Waals surface area contributed by atoms with Crippen molar-refractivity contribution in [1.29, 1.82) is 0 Å². The third kappa shape index (κ3) is 6.55. The van der Waals surface area contributed by atoms with Crippen molar-refractivity contribution in [2.75, 3.05) is 6.54 Å². The highest BCUT2D eigenvalue weighted by Crippen LogP contribution is 2.18. The number of nitrogens with two attached hydrogens (primary N) is 1. The summed E-state index contributed by atoms with van der Waals surface area (Å²) in [7, 11) is -3.91. The molecule has 20 heavy (non-hydrogen) atoms. The number of rotatable bonds is 5. The Morgan fingerprint density at radius 1 is 1.40 bits per heavy atom. The predicted octanol–water partition coefficient (Wildman–Crippen LogP) is 0.883. The van der Waals surface area contributed by atoms with Crippen LogP contribution in [0.3, 0.4) is 0 Å². The van der Waals surface area contributed by atoms with E-state index in [4.69, 9.17) is 5.73 Å². The Morgan fingerprint density at radius 2 is 1.95 bits per heavy atom. The molecular formula is C9H16ClF3N4O2S. The number of hydrogen-bond donors (Lipinski definition) is 2. The molecular weight excluding hydrogens is 321 g/mol. The summed E-state index contributed by atoms with van der Waals surface area (Å²) >= 11 is 0. The van der Waals surface area contributed by atoms with Crippen LogP contribution in [0.4, 0.5) is 13.2 Å². The molecule has 0 aliphatic rings. The molecule has 0 amide bonds. The van der Waals surface area contributed by atoms with E-state index in [0.29, 0.717) is 4.68 Å². The van der Waals surface area contributed by atoms with Gasteiger partial charge in [0.15, 0.2) is 0 Å². The molecule has 0 spiro atoms. The monoisotopic (exact) mass is 336 g/mol. The Kier molecular flexibility index (Phi) is 6.02. The van der Waals surface area contributed by atoms with Gasteiger partial charge in [0, 0.05) is 18.3 Å². The summed E-state index contributed by atoms with van der Waals surface area (Å²) in [4.78, 5) is -0.332. The van der Waals surface area contributed by atoms with Crippen LogP contribution in [-0.2, 0) is 16.6 Å². The highest BCUT2D eigenvalue weighted by molar-refractivity contribution is 7.89. The van der Waals surface area contributed by atoms with E-state index in [2.05, 4.69) is 9.82 Å². The van der Waals surface area contributed by atoms with Gasteiger partial charge < -0.3 is 5.73 Å². The molecule has 1 aromatic rings. The fourth-order valence-corrected chi connectivity index (χ4v) is 2.29. The molecule has 1 rings (SSSR count). The molecule has 0 fully saturated rings. The fourth-order valence-electron chi connectivity index (χ4n) is 1.12. The average Bonchev–Trinajstić information content (AvgIpc) is 2.60. The SMILES string of the molecule is CC(C)(N)CNS(=O)(=O)c1cnn(CC(F)(F)F)c1.Cl. The summed E-state index contributed by atoms with van der Waals surface area (Å²) in [6.45, 7) is 1.84. The number of halogens is 4. The molecule has 0 unspecified atom stereocenters. The second-order valence-electron chi connectivity index (χ2n) is 4.80. The average molecular weight is 337 g/mol. The maximum Gasteiger partial charge on any atom is 0.408 e. The Hall–Kier alpha value is -0.840. The first-order valence-electron chi connectivity index (χ1n) is 5.27. The first-order chi connectivity index (χ1) is 8.39. The molecule has 11 heteroatoms. The fraction of sp³-hybridized carbons (Fsp3) is 0.667. The summed E-state index contributed by atoms with van der Waals surface area (Å²) in [6.07, 6.45) is -2.78. The number of aromatic nitrogens is 2. The van der Waals surface area contributed by atoms with Gasteiger partial charge in [-0.3, -0.25) is 4.68 Å². The molecule has 0 radical (unpaired) electrons. The molecule has 118 valence electrons. The van der Waals surface area contributed by atoms with Crippen molar-refractivity contribution in [1.82, 2.24) is 14.5 Å². The summed E-state index contributed by atoms with van der Waals surface area (Å²) in [5, 5.41) is 3.36. The van der Waals surface area contributed by atoms with Crippen molar-refractivity contribution >= 4 is 22.4 Å². The third-order valence-corrected chi connectivity index (χ3v) is 3.33. The second-order valence-corrected chi connectivity index (χ2v) is 6.57. The molecule has 0 aliphatic carbocycles. The van der Waals surface area contributed by atoms with Gasteiger partial charge in [0.25, 0.3) is 0 Å². The zero-order valence-electron chi connectivity index (χ0n) is 10.8. The van der Waals surface area contributed by atoms with Gasteiger partial charge in [-0.25, -0.2) is 13.1 Å². The van der Waals surface area contributed by atoms with Crippen molar-refractivity contribution in [2.24, 2.45) is 5.73 Å². The van der Waals surface area contributed by atoms with Crippen LogP contribution >= 0.6 is 12.4 Å². The van der Waals surface area contributed by atoms with Gasteiger partial charge in [-0.2, -0.15) is 18.3 Å². The minimum Gasteiger partial charge on any atom is -0.324 e. The van der Waals surface area contributed by atoms with E-state index in [9.17, 15) is 21.6 Å². The maximum absolute atomic E-state index is 12.1. The van der Waals surface area contributed by atoms with E-state index in [1.54, 1.807) is 13.8 Å². The van der Waals surface area contributed by atoms with E-state index in [1.165, 1.54) is 0 Å². The number of nitrogens with one attached hydrogen (secondary N) is 1. The van der Waals surface area contributed by atoms with Gasteiger partial charge in [0.1, 0.15) is 11.4 Å². The topological polar surface area (TPSA) is 90.0 Å². The van der Waals surface area contributed by atoms with Gasteiger partial charge in [-0.05, 0) is 13.8 Å². The van der Waals surface area contributed by atoms with Crippen molar-refractivity contribution in [3.8, 4) is 0 Å². The molecule has 0 saturated heterocycles. The highest BCUT2D eigenvalue weighted by atomic mass is 35.5. The first-order valence-corrected chi connectivity index (χ1v) is 6.75. The van der Waals surface area contributed by atoms with Crippen LogP contribution < -0.4 is 10.5 Å². The molecule has 6 nitrogen and oxygen atoms in total. The Labute approximate surface area is 121 Å². The van der Waals surface area contributed by atoms with Crippen LogP contribution in [-0.4, -0.2) is 36.5 Å². The lowest BCUT2D eigenvalue weighted by molar-refractivity contribution is -0.142.